The molecule has 2 aromatic rings. The van der Waals surface area contributed by atoms with Gasteiger partial charge in [-0.1, -0.05) is 37.3 Å². The number of nitrogens with one attached hydrogen (secondary N) is 1. The third-order valence-electron chi connectivity index (χ3n) is 3.97. The second-order valence-corrected chi connectivity index (χ2v) is 5.48. The minimum atomic E-state index is -0.995. The Bertz CT molecular complexity index is 757. The van der Waals surface area contributed by atoms with E-state index in [1.54, 1.807) is 35.2 Å². The number of carboxylic acid groups (broad SMARTS) is 1. The predicted octanol–water partition coefficient (Wildman–Crippen LogP) is 3.36. The van der Waals surface area contributed by atoms with Crippen molar-refractivity contribution in [1.29, 1.82) is 0 Å². The second-order valence-electron chi connectivity index (χ2n) is 5.48. The normalized spacial score (nSPS) is 16.7. The predicted molar refractivity (Wildman–Crippen MR) is 87.5 cm³/mol. The third-order valence-corrected chi connectivity index (χ3v) is 3.97. The minimum Gasteiger partial charge on any atom is -0.478 e. The standard InChI is InChI=1S/C18H18N2O3/c1-2-11-20-16(12-7-3-4-8-13(12)18(22)23)19-15-10-6-5-9-14(15)17(20)21/h3-10,16,19H,2,11H2,1H3,(H,22,23). The maximum atomic E-state index is 12.8. The number of amides is 1. The van der Waals surface area contributed by atoms with Gasteiger partial charge in [0.2, 0.25) is 0 Å². The topological polar surface area (TPSA) is 69.6 Å². The fourth-order valence-electron chi connectivity index (χ4n) is 2.94. The van der Waals surface area contributed by atoms with Gasteiger partial charge in [0.15, 0.2) is 0 Å². The summed E-state index contributed by atoms with van der Waals surface area (Å²) in [4.78, 5) is 26.0. The van der Waals surface area contributed by atoms with E-state index in [2.05, 4.69) is 5.32 Å². The molecule has 3 rings (SSSR count). The fraction of sp³-hybridized carbons (Fsp3) is 0.222. The number of fused-ring (bicyclic) bond motifs is 1. The molecule has 1 unspecified atom stereocenters. The molecular weight excluding hydrogens is 292 g/mol. The number of hydrogen-bond donors (Lipinski definition) is 2. The van der Waals surface area contributed by atoms with E-state index in [9.17, 15) is 14.7 Å². The van der Waals surface area contributed by atoms with E-state index in [1.165, 1.54) is 0 Å². The summed E-state index contributed by atoms with van der Waals surface area (Å²) in [6.07, 6.45) is 0.311. The zero-order chi connectivity index (χ0) is 16.4. The summed E-state index contributed by atoms with van der Waals surface area (Å²) in [6.45, 7) is 2.55. The largest absolute Gasteiger partial charge is 0.478 e. The molecule has 0 radical (unpaired) electrons. The zero-order valence-electron chi connectivity index (χ0n) is 12.8. The molecule has 2 N–H and O–H groups in total. The average molecular weight is 310 g/mol. The van der Waals surface area contributed by atoms with Crippen LogP contribution >= 0.6 is 0 Å². The molecule has 23 heavy (non-hydrogen) atoms. The highest BCUT2D eigenvalue weighted by Gasteiger charge is 2.33. The number of benzene rings is 2. The van der Waals surface area contributed by atoms with Gasteiger partial charge in [0.25, 0.3) is 5.91 Å². The van der Waals surface area contributed by atoms with Crippen LogP contribution in [0.4, 0.5) is 5.69 Å². The number of para-hydroxylation sites is 1. The first kappa shape index (κ1) is 15.1. The van der Waals surface area contributed by atoms with E-state index >= 15 is 0 Å². The average Bonchev–Trinajstić information content (AvgIpc) is 2.57. The Balaban J connectivity index is 2.11. The maximum Gasteiger partial charge on any atom is 0.336 e. The SMILES string of the molecule is CCCN1C(=O)c2ccccc2NC1c1ccccc1C(=O)O. The van der Waals surface area contributed by atoms with E-state index in [4.69, 9.17) is 0 Å². The van der Waals surface area contributed by atoms with Crippen LogP contribution in [0.3, 0.4) is 0 Å². The van der Waals surface area contributed by atoms with E-state index in [0.717, 1.165) is 12.1 Å². The summed E-state index contributed by atoms with van der Waals surface area (Å²) in [5.74, 6) is -1.07. The van der Waals surface area contributed by atoms with Crippen molar-refractivity contribution in [3.8, 4) is 0 Å². The maximum absolute atomic E-state index is 12.8. The van der Waals surface area contributed by atoms with E-state index < -0.39 is 12.1 Å². The molecule has 0 saturated heterocycles. The molecule has 1 aliphatic heterocycles. The number of nitrogens with zero attached hydrogens (tertiary/aromatic N) is 1. The van der Waals surface area contributed by atoms with Crippen molar-refractivity contribution in [2.45, 2.75) is 19.5 Å². The first-order valence-electron chi connectivity index (χ1n) is 7.62. The van der Waals surface area contributed by atoms with Gasteiger partial charge in [-0.25, -0.2) is 4.79 Å². The molecule has 0 aliphatic carbocycles. The third kappa shape index (κ3) is 2.65. The van der Waals surface area contributed by atoms with Gasteiger partial charge >= 0.3 is 5.97 Å². The zero-order valence-corrected chi connectivity index (χ0v) is 12.8. The van der Waals surface area contributed by atoms with Gasteiger partial charge in [0.05, 0.1) is 11.1 Å². The molecule has 0 saturated carbocycles. The number of carboxylic acids is 1. The number of aromatic carboxylic acids is 1. The Morgan fingerprint density at radius 1 is 1.17 bits per heavy atom. The minimum absolute atomic E-state index is 0.0774. The Morgan fingerprint density at radius 3 is 2.61 bits per heavy atom. The van der Waals surface area contributed by atoms with Crippen LogP contribution in [0.5, 0.6) is 0 Å². The van der Waals surface area contributed by atoms with Gasteiger partial charge in [-0.15, -0.1) is 0 Å². The summed E-state index contributed by atoms with van der Waals surface area (Å²) in [5, 5.41) is 12.8. The quantitative estimate of drug-likeness (QED) is 0.908. The van der Waals surface area contributed by atoms with Crippen LogP contribution in [-0.4, -0.2) is 28.4 Å². The Morgan fingerprint density at radius 2 is 1.87 bits per heavy atom. The second kappa shape index (κ2) is 6.12. The summed E-state index contributed by atoms with van der Waals surface area (Å²) in [7, 11) is 0. The molecule has 5 heteroatoms. The van der Waals surface area contributed by atoms with Crippen molar-refractivity contribution in [2.24, 2.45) is 0 Å². The lowest BCUT2D eigenvalue weighted by atomic mass is 9.99. The van der Waals surface area contributed by atoms with Gasteiger partial charge in [0, 0.05) is 17.8 Å². The number of anilines is 1. The molecule has 1 amide bonds. The van der Waals surface area contributed by atoms with Crippen LogP contribution in [0.25, 0.3) is 0 Å². The van der Waals surface area contributed by atoms with Gasteiger partial charge in [-0.05, 0) is 24.6 Å². The molecule has 0 aromatic heterocycles. The van der Waals surface area contributed by atoms with Crippen LogP contribution in [-0.2, 0) is 0 Å². The highest BCUT2D eigenvalue weighted by atomic mass is 16.4. The first-order chi connectivity index (χ1) is 11.1. The molecule has 1 aliphatic rings. The molecule has 5 nitrogen and oxygen atoms in total. The lowest BCUT2D eigenvalue weighted by Gasteiger charge is -2.38. The molecule has 1 heterocycles. The number of hydrogen-bond acceptors (Lipinski definition) is 3. The monoisotopic (exact) mass is 310 g/mol. The van der Waals surface area contributed by atoms with E-state index in [-0.39, 0.29) is 11.5 Å². The van der Waals surface area contributed by atoms with Crippen LogP contribution in [0.2, 0.25) is 0 Å². The van der Waals surface area contributed by atoms with Crippen molar-refractivity contribution >= 4 is 17.6 Å². The van der Waals surface area contributed by atoms with Gasteiger partial charge < -0.3 is 15.3 Å². The number of carbonyl (C=O) groups is 2. The molecule has 0 fully saturated rings. The van der Waals surface area contributed by atoms with Crippen molar-refractivity contribution in [3.05, 3.63) is 65.2 Å². The highest BCUT2D eigenvalue weighted by molar-refractivity contribution is 6.02. The Hall–Kier alpha value is -2.82. The smallest absolute Gasteiger partial charge is 0.336 e. The fourth-order valence-corrected chi connectivity index (χ4v) is 2.94. The molecule has 0 bridgehead atoms. The van der Waals surface area contributed by atoms with Crippen LogP contribution in [0.1, 0.15) is 45.8 Å². The van der Waals surface area contributed by atoms with Crippen molar-refractivity contribution in [2.75, 3.05) is 11.9 Å². The Labute approximate surface area is 134 Å². The highest BCUT2D eigenvalue weighted by Crippen LogP contribution is 2.34. The lowest BCUT2D eigenvalue weighted by Crippen LogP contribution is -2.43. The van der Waals surface area contributed by atoms with Gasteiger partial charge in [-0.3, -0.25) is 4.79 Å². The summed E-state index contributed by atoms with van der Waals surface area (Å²) in [5.41, 5.74) is 2.15. The van der Waals surface area contributed by atoms with E-state index in [1.807, 2.05) is 25.1 Å². The lowest BCUT2D eigenvalue weighted by molar-refractivity contribution is 0.0654. The summed E-state index contributed by atoms with van der Waals surface area (Å²) < 4.78 is 0. The van der Waals surface area contributed by atoms with Crippen LogP contribution < -0.4 is 5.32 Å². The molecule has 2 aromatic carbocycles. The van der Waals surface area contributed by atoms with Crippen molar-refractivity contribution in [1.82, 2.24) is 4.90 Å². The van der Waals surface area contributed by atoms with Gasteiger partial charge in [-0.2, -0.15) is 0 Å². The van der Waals surface area contributed by atoms with E-state index in [0.29, 0.717) is 17.7 Å². The number of carbonyl (C=O) groups excluding carboxylic acids is 1. The molecule has 1 atom stereocenters. The van der Waals surface area contributed by atoms with Crippen molar-refractivity contribution < 1.29 is 14.7 Å². The summed E-state index contributed by atoms with van der Waals surface area (Å²) in [6, 6.07) is 14.1. The van der Waals surface area contributed by atoms with Crippen LogP contribution in [0.15, 0.2) is 48.5 Å². The first-order valence-corrected chi connectivity index (χ1v) is 7.62. The number of rotatable bonds is 4. The molecule has 0 spiro atoms. The van der Waals surface area contributed by atoms with Crippen LogP contribution in [0, 0.1) is 0 Å². The molecule has 118 valence electrons. The molecular formula is C18H18N2O3. The van der Waals surface area contributed by atoms with Gasteiger partial charge in [0.1, 0.15) is 6.17 Å². The summed E-state index contributed by atoms with van der Waals surface area (Å²) >= 11 is 0. The van der Waals surface area contributed by atoms with Crippen molar-refractivity contribution in [3.63, 3.8) is 0 Å². The Kier molecular flexibility index (Phi) is 4.02.